The van der Waals surface area contributed by atoms with Crippen LogP contribution in [-0.4, -0.2) is 15.3 Å². The van der Waals surface area contributed by atoms with Gasteiger partial charge >= 0.3 is 87.8 Å². The van der Waals surface area contributed by atoms with Crippen molar-refractivity contribution in [1.82, 2.24) is 0 Å². The van der Waals surface area contributed by atoms with Crippen molar-refractivity contribution < 1.29 is 23.1 Å². The topological polar surface area (TPSA) is 37.3 Å². The van der Waals surface area contributed by atoms with Gasteiger partial charge in [-0.05, 0) is 0 Å². The van der Waals surface area contributed by atoms with Crippen molar-refractivity contribution in [2.75, 3.05) is 0 Å². The van der Waals surface area contributed by atoms with Crippen molar-refractivity contribution in [1.29, 1.82) is 0 Å². The minimum atomic E-state index is -4.25. The Kier molecular flexibility index (Phi) is 3.35. The predicted molar refractivity (Wildman–Crippen MR) is 53.6 cm³/mol. The van der Waals surface area contributed by atoms with Crippen LogP contribution in [0.3, 0.4) is 0 Å². The molecule has 0 fully saturated rings. The molecule has 0 saturated carbocycles. The van der Waals surface area contributed by atoms with Crippen LogP contribution in [0.1, 0.15) is 10.4 Å². The number of aromatic carboxylic acids is 1. The molecular weight excluding hydrogens is 312 g/mol. The summed E-state index contributed by atoms with van der Waals surface area (Å²) in [5, 5.41) is 8.62. The summed E-state index contributed by atoms with van der Waals surface area (Å²) in [5.41, 5.74) is -0.243. The number of alkyl halides is 4. The average molecular weight is 318 g/mol. The first-order valence-electron chi connectivity index (χ1n) is 3.48. The Bertz CT molecular complexity index is 349. The zero-order chi connectivity index (χ0) is 10.8. The van der Waals surface area contributed by atoms with E-state index in [9.17, 15) is 18.0 Å². The van der Waals surface area contributed by atoms with E-state index >= 15 is 0 Å². The fourth-order valence-electron chi connectivity index (χ4n) is 0.857. The van der Waals surface area contributed by atoms with Gasteiger partial charge in [0.25, 0.3) is 0 Å². The molecule has 0 aliphatic heterocycles. The second-order valence-corrected chi connectivity index (χ2v) is 5.51. The van der Waals surface area contributed by atoms with Crippen LogP contribution in [0.15, 0.2) is 24.3 Å². The van der Waals surface area contributed by atoms with E-state index in [1.54, 1.807) is 0 Å². The van der Waals surface area contributed by atoms with Crippen LogP contribution >= 0.6 is 21.2 Å². The van der Waals surface area contributed by atoms with Crippen LogP contribution in [0.2, 0.25) is 0 Å². The van der Waals surface area contributed by atoms with Gasteiger partial charge in [0.1, 0.15) is 0 Å². The summed E-state index contributed by atoms with van der Waals surface area (Å²) in [5.74, 6) is -1.31. The molecule has 0 aliphatic rings. The van der Waals surface area contributed by atoms with E-state index in [1.807, 2.05) is 0 Å². The Morgan fingerprint density at radius 2 is 1.86 bits per heavy atom. The molecule has 0 atom stereocenters. The third kappa shape index (κ3) is 3.17. The van der Waals surface area contributed by atoms with Gasteiger partial charge < -0.3 is 0 Å². The number of hydrogen-bond acceptors (Lipinski definition) is 1. The summed E-state index contributed by atoms with van der Waals surface area (Å²) in [4.78, 5) is 10.6. The van der Waals surface area contributed by atoms with Gasteiger partial charge in [-0.15, -0.1) is 0 Å². The van der Waals surface area contributed by atoms with Crippen LogP contribution in [0.25, 0.3) is 0 Å². The Morgan fingerprint density at radius 1 is 1.29 bits per heavy atom. The summed E-state index contributed by atoms with van der Waals surface area (Å²) >= 11 is -2.44. The summed E-state index contributed by atoms with van der Waals surface area (Å²) < 4.78 is 31.8. The van der Waals surface area contributed by atoms with Crippen LogP contribution in [0.4, 0.5) is 13.2 Å². The zero-order valence-corrected chi connectivity index (χ0v) is 9.04. The molecule has 1 N–H and O–H groups in total. The molecule has 0 aromatic heterocycles. The molecule has 78 valence electrons. The molecule has 1 aromatic carbocycles. The number of carboxylic acid groups (broad SMARTS) is 1. The van der Waals surface area contributed by atoms with E-state index in [2.05, 4.69) is 0 Å². The predicted octanol–water partition coefficient (Wildman–Crippen LogP) is 2.78. The second kappa shape index (κ2) is 4.16. The minimum absolute atomic E-state index is 0.0853. The number of hydrogen-bond donors (Lipinski definition) is 1. The molecule has 0 unspecified atom stereocenters. The summed E-state index contributed by atoms with van der Waals surface area (Å²) in [7, 11) is 0. The van der Waals surface area contributed by atoms with Crippen LogP contribution in [0, 0.1) is 3.57 Å². The molecule has 1 aromatic rings. The van der Waals surface area contributed by atoms with Crippen LogP contribution in [-0.2, 0) is 0 Å². The van der Waals surface area contributed by atoms with Crippen molar-refractivity contribution in [3.8, 4) is 0 Å². The maximum atomic E-state index is 12.0. The summed E-state index contributed by atoms with van der Waals surface area (Å²) in [6.07, 6.45) is 0. The molecule has 2 nitrogen and oxygen atoms in total. The molecule has 0 bridgehead atoms. The summed E-state index contributed by atoms with van der Waals surface area (Å²) in [6.45, 7) is 0. The van der Waals surface area contributed by atoms with Crippen molar-refractivity contribution in [2.24, 2.45) is 0 Å². The van der Waals surface area contributed by atoms with Gasteiger partial charge in [-0.2, -0.15) is 0 Å². The third-order valence-corrected chi connectivity index (χ3v) is 3.65. The number of benzene rings is 1. The van der Waals surface area contributed by atoms with Crippen LogP contribution in [0.5, 0.6) is 0 Å². The molecule has 0 heterocycles. The van der Waals surface area contributed by atoms with Gasteiger partial charge in [-0.3, -0.25) is 0 Å². The van der Waals surface area contributed by atoms with E-state index in [1.165, 1.54) is 24.3 Å². The molecule has 0 radical (unpaired) electrons. The molecule has 0 spiro atoms. The number of carboxylic acids is 1. The average Bonchev–Trinajstić information content (AvgIpc) is 2.01. The van der Waals surface area contributed by atoms with Gasteiger partial charge in [0.15, 0.2) is 0 Å². The SMILES string of the molecule is O=C(O)c1ccccc1[IH]C(F)(F)F. The molecular formula is C8H6F3IO2. The summed E-state index contributed by atoms with van der Waals surface area (Å²) in [6, 6.07) is 5.24. The Morgan fingerprint density at radius 3 is 2.36 bits per heavy atom. The quantitative estimate of drug-likeness (QED) is 0.672. The molecule has 6 heteroatoms. The molecule has 1 rings (SSSR count). The molecule has 0 amide bonds. The standard InChI is InChI=1S/C8H6F3IO2/c9-8(10,11)12-6-4-2-1-3-5(6)7(13)14/h1-4,12H,(H,13,14). The third-order valence-electron chi connectivity index (χ3n) is 1.34. The first-order chi connectivity index (χ1) is 6.40. The fourth-order valence-corrected chi connectivity index (χ4v) is 2.74. The number of carbonyl (C=O) groups is 1. The number of halogens is 4. The monoisotopic (exact) mass is 318 g/mol. The van der Waals surface area contributed by atoms with Gasteiger partial charge in [0.05, 0.1) is 0 Å². The van der Waals surface area contributed by atoms with Crippen LogP contribution < -0.4 is 0 Å². The van der Waals surface area contributed by atoms with Gasteiger partial charge in [-0.1, -0.05) is 0 Å². The van der Waals surface area contributed by atoms with Gasteiger partial charge in [-0.25, -0.2) is 0 Å². The van der Waals surface area contributed by atoms with E-state index in [0.717, 1.165) is 0 Å². The van der Waals surface area contributed by atoms with Gasteiger partial charge in [0.2, 0.25) is 0 Å². The Labute approximate surface area is 88.0 Å². The van der Waals surface area contributed by atoms with E-state index in [4.69, 9.17) is 5.11 Å². The van der Waals surface area contributed by atoms with E-state index in [0.29, 0.717) is 0 Å². The Hall–Kier alpha value is -0.790. The van der Waals surface area contributed by atoms with Crippen molar-refractivity contribution in [3.63, 3.8) is 0 Å². The molecule has 0 aliphatic carbocycles. The van der Waals surface area contributed by atoms with Crippen molar-refractivity contribution >= 4 is 27.2 Å². The Balaban J connectivity index is 3.02. The first-order valence-corrected chi connectivity index (χ1v) is 5.81. The van der Waals surface area contributed by atoms with Crippen molar-refractivity contribution in [3.05, 3.63) is 33.4 Å². The van der Waals surface area contributed by atoms with E-state index in [-0.39, 0.29) is 9.13 Å². The molecule has 14 heavy (non-hydrogen) atoms. The molecule has 0 saturated heterocycles. The normalized spacial score (nSPS) is 11.6. The first kappa shape index (κ1) is 11.3. The van der Waals surface area contributed by atoms with Crippen molar-refractivity contribution in [2.45, 2.75) is 4.18 Å². The van der Waals surface area contributed by atoms with Gasteiger partial charge in [0, 0.05) is 0 Å². The zero-order valence-electron chi connectivity index (χ0n) is 6.71. The number of rotatable bonds is 2. The maximum absolute atomic E-state index is 12.0. The van der Waals surface area contributed by atoms with E-state index < -0.39 is 31.4 Å². The second-order valence-electron chi connectivity index (χ2n) is 2.35. The fraction of sp³-hybridized carbons (Fsp3) is 0.125.